The molecule has 6 heteroatoms. The van der Waals surface area contributed by atoms with Gasteiger partial charge in [-0.05, 0) is 24.9 Å². The molecule has 1 aliphatic rings. The van der Waals surface area contributed by atoms with Crippen LogP contribution in [0.1, 0.15) is 16.1 Å². The maximum Gasteiger partial charge on any atom is 0.267 e. The monoisotopic (exact) mass is 276 g/mol. The number of nitrogens with one attached hydrogen (secondary N) is 1. The Labute approximate surface area is 111 Å². The molecule has 17 heavy (non-hydrogen) atoms. The molecule has 0 saturated carbocycles. The molecule has 1 amide bonds. The topological polar surface area (TPSA) is 41.6 Å². The molecule has 0 bridgehead atoms. The first-order valence-electron chi connectivity index (χ1n) is 5.34. The number of carbonyl (C=O) groups is 1. The lowest BCUT2D eigenvalue weighted by Crippen LogP contribution is -2.33. The summed E-state index contributed by atoms with van der Waals surface area (Å²) in [7, 11) is 3.53. The molecule has 1 saturated heterocycles. The van der Waals surface area contributed by atoms with Crippen LogP contribution in [0.4, 0.5) is 0 Å². The normalized spacial score (nSPS) is 18.9. The third-order valence-electron chi connectivity index (χ3n) is 2.93. The Balaban J connectivity index is 0.00000144. The summed E-state index contributed by atoms with van der Waals surface area (Å²) in [5.74, 6) is 0.771. The first kappa shape index (κ1) is 14.3. The van der Waals surface area contributed by atoms with Crippen LogP contribution < -0.4 is 10.1 Å². The molecule has 1 unspecified atom stereocenters. The third kappa shape index (κ3) is 2.91. The number of hydrogen-bond acceptors (Lipinski definition) is 4. The van der Waals surface area contributed by atoms with Crippen molar-refractivity contribution < 1.29 is 9.53 Å². The molecule has 1 aliphatic heterocycles. The van der Waals surface area contributed by atoms with Gasteiger partial charge in [-0.2, -0.15) is 0 Å². The number of ether oxygens (including phenoxy) is 1. The van der Waals surface area contributed by atoms with Crippen molar-refractivity contribution in [3.8, 4) is 5.75 Å². The first-order chi connectivity index (χ1) is 7.76. The molecule has 0 radical (unpaired) electrons. The van der Waals surface area contributed by atoms with Crippen LogP contribution in [0.25, 0.3) is 0 Å². The summed E-state index contributed by atoms with van der Waals surface area (Å²) in [5, 5.41) is 5.09. The highest BCUT2D eigenvalue weighted by Crippen LogP contribution is 2.27. The molecule has 2 heterocycles. The standard InChI is InChI=1S/C11H16N2O2S.ClH/c1-12-8-3-5-13(7-8)11(14)10-9(15-2)4-6-16-10;/h4,6,8,12H,3,5,7H2,1-2H3;1H. The lowest BCUT2D eigenvalue weighted by molar-refractivity contribution is 0.0791. The maximum absolute atomic E-state index is 12.2. The first-order valence-corrected chi connectivity index (χ1v) is 6.22. The number of nitrogens with zero attached hydrogens (tertiary/aromatic N) is 1. The summed E-state index contributed by atoms with van der Waals surface area (Å²) in [6.45, 7) is 1.61. The third-order valence-corrected chi connectivity index (χ3v) is 3.81. The van der Waals surface area contributed by atoms with Gasteiger partial charge in [-0.15, -0.1) is 23.7 Å². The zero-order valence-electron chi connectivity index (χ0n) is 9.93. The minimum absolute atomic E-state index is 0. The Morgan fingerprint density at radius 2 is 2.41 bits per heavy atom. The van der Waals surface area contributed by atoms with Crippen LogP contribution >= 0.6 is 23.7 Å². The summed E-state index contributed by atoms with van der Waals surface area (Å²) in [6.07, 6.45) is 1.02. The number of likely N-dealkylation sites (tertiary alicyclic amines) is 1. The van der Waals surface area contributed by atoms with E-state index in [4.69, 9.17) is 4.74 Å². The van der Waals surface area contributed by atoms with E-state index in [-0.39, 0.29) is 18.3 Å². The smallest absolute Gasteiger partial charge is 0.267 e. The van der Waals surface area contributed by atoms with E-state index in [0.717, 1.165) is 19.5 Å². The molecule has 96 valence electrons. The van der Waals surface area contributed by atoms with Gasteiger partial charge in [0.25, 0.3) is 5.91 Å². The van der Waals surface area contributed by atoms with Crippen molar-refractivity contribution in [2.75, 3.05) is 27.2 Å². The van der Waals surface area contributed by atoms with Gasteiger partial charge in [0.15, 0.2) is 0 Å². The average Bonchev–Trinajstić information content (AvgIpc) is 2.96. The average molecular weight is 277 g/mol. The summed E-state index contributed by atoms with van der Waals surface area (Å²) in [4.78, 5) is 14.8. The molecule has 1 atom stereocenters. The van der Waals surface area contributed by atoms with Crippen molar-refractivity contribution in [1.29, 1.82) is 0 Å². The number of hydrogen-bond donors (Lipinski definition) is 1. The summed E-state index contributed by atoms with van der Waals surface area (Å²) in [5.41, 5.74) is 0. The fourth-order valence-electron chi connectivity index (χ4n) is 1.94. The highest BCUT2D eigenvalue weighted by molar-refractivity contribution is 7.12. The Morgan fingerprint density at radius 3 is 3.00 bits per heavy atom. The number of thiophene rings is 1. The van der Waals surface area contributed by atoms with Crippen LogP contribution in [-0.2, 0) is 0 Å². The van der Waals surface area contributed by atoms with E-state index in [0.29, 0.717) is 16.7 Å². The van der Waals surface area contributed by atoms with Crippen molar-refractivity contribution in [3.63, 3.8) is 0 Å². The van der Waals surface area contributed by atoms with Crippen molar-refractivity contribution in [2.45, 2.75) is 12.5 Å². The summed E-state index contributed by atoms with van der Waals surface area (Å²) in [6, 6.07) is 2.26. The molecule has 1 N–H and O–H groups in total. The van der Waals surface area contributed by atoms with E-state index in [1.54, 1.807) is 7.11 Å². The predicted octanol–water partition coefficient (Wildman–Crippen LogP) is 1.61. The largest absolute Gasteiger partial charge is 0.495 e. The Kier molecular flexibility index (Phi) is 5.24. The van der Waals surface area contributed by atoms with Gasteiger partial charge >= 0.3 is 0 Å². The molecule has 0 aliphatic carbocycles. The van der Waals surface area contributed by atoms with E-state index < -0.39 is 0 Å². The van der Waals surface area contributed by atoms with Gasteiger partial charge in [0.2, 0.25) is 0 Å². The number of rotatable bonds is 3. The Morgan fingerprint density at radius 1 is 1.65 bits per heavy atom. The molecular formula is C11H17ClN2O2S. The lowest BCUT2D eigenvalue weighted by atomic mass is 10.3. The Hall–Kier alpha value is -0.780. The van der Waals surface area contributed by atoms with Crippen LogP contribution in [-0.4, -0.2) is 44.1 Å². The van der Waals surface area contributed by atoms with Crippen molar-refractivity contribution in [3.05, 3.63) is 16.3 Å². The van der Waals surface area contributed by atoms with Gasteiger partial charge in [0.1, 0.15) is 10.6 Å². The number of amides is 1. The van der Waals surface area contributed by atoms with E-state index in [1.165, 1.54) is 11.3 Å². The number of halogens is 1. The molecule has 0 aromatic carbocycles. The highest BCUT2D eigenvalue weighted by Gasteiger charge is 2.28. The van der Waals surface area contributed by atoms with Gasteiger partial charge in [0, 0.05) is 19.1 Å². The van der Waals surface area contributed by atoms with Gasteiger partial charge in [-0.25, -0.2) is 0 Å². The van der Waals surface area contributed by atoms with E-state index in [2.05, 4.69) is 5.32 Å². The van der Waals surface area contributed by atoms with E-state index in [1.807, 2.05) is 23.4 Å². The summed E-state index contributed by atoms with van der Waals surface area (Å²) >= 11 is 1.44. The highest BCUT2D eigenvalue weighted by atomic mass is 35.5. The van der Waals surface area contributed by atoms with Crippen LogP contribution in [0.3, 0.4) is 0 Å². The van der Waals surface area contributed by atoms with Crippen molar-refractivity contribution in [2.24, 2.45) is 0 Å². The second-order valence-electron chi connectivity index (χ2n) is 3.84. The van der Waals surface area contributed by atoms with E-state index >= 15 is 0 Å². The molecular weight excluding hydrogens is 260 g/mol. The van der Waals surface area contributed by atoms with Gasteiger partial charge in [-0.3, -0.25) is 4.79 Å². The second kappa shape index (κ2) is 6.23. The second-order valence-corrected chi connectivity index (χ2v) is 4.76. The number of likely N-dealkylation sites (N-methyl/N-ethyl adjacent to an activating group) is 1. The van der Waals surface area contributed by atoms with Crippen LogP contribution in [0, 0.1) is 0 Å². The summed E-state index contributed by atoms with van der Waals surface area (Å²) < 4.78 is 5.17. The molecule has 4 nitrogen and oxygen atoms in total. The molecule has 1 aromatic rings. The van der Waals surface area contributed by atoms with Crippen LogP contribution in [0.15, 0.2) is 11.4 Å². The van der Waals surface area contributed by atoms with Crippen LogP contribution in [0.2, 0.25) is 0 Å². The zero-order chi connectivity index (χ0) is 11.5. The Bertz CT molecular complexity index is 383. The minimum Gasteiger partial charge on any atom is -0.495 e. The van der Waals surface area contributed by atoms with Crippen molar-refractivity contribution in [1.82, 2.24) is 10.2 Å². The number of methoxy groups -OCH3 is 1. The fraction of sp³-hybridized carbons (Fsp3) is 0.545. The van der Waals surface area contributed by atoms with Gasteiger partial charge in [-0.1, -0.05) is 0 Å². The molecule has 1 aromatic heterocycles. The van der Waals surface area contributed by atoms with Gasteiger partial charge in [0.05, 0.1) is 7.11 Å². The maximum atomic E-state index is 12.2. The fourth-order valence-corrected chi connectivity index (χ4v) is 2.76. The SMILES string of the molecule is CNC1CCN(C(=O)c2sccc2OC)C1.Cl. The van der Waals surface area contributed by atoms with E-state index in [9.17, 15) is 4.79 Å². The van der Waals surface area contributed by atoms with Crippen LogP contribution in [0.5, 0.6) is 5.75 Å². The number of carbonyl (C=O) groups excluding carboxylic acids is 1. The lowest BCUT2D eigenvalue weighted by Gasteiger charge is -2.16. The quantitative estimate of drug-likeness (QED) is 0.912. The molecule has 1 fully saturated rings. The molecule has 2 rings (SSSR count). The van der Waals surface area contributed by atoms with Gasteiger partial charge < -0.3 is 15.0 Å². The predicted molar refractivity (Wildman–Crippen MR) is 71.5 cm³/mol. The van der Waals surface area contributed by atoms with Crippen molar-refractivity contribution >= 4 is 29.7 Å². The molecule has 0 spiro atoms. The minimum atomic E-state index is 0. The zero-order valence-corrected chi connectivity index (χ0v) is 11.6.